The highest BCUT2D eigenvalue weighted by Gasteiger charge is 2.26. The number of carbonyl (C=O) groups is 3. The Kier molecular flexibility index (Phi) is 6.54. The maximum absolute atomic E-state index is 12.1. The van der Waals surface area contributed by atoms with Crippen molar-refractivity contribution in [3.63, 3.8) is 0 Å². The van der Waals surface area contributed by atoms with E-state index in [1.165, 1.54) is 11.3 Å². The second-order valence-corrected chi connectivity index (χ2v) is 8.03. The molecule has 1 aromatic heterocycles. The van der Waals surface area contributed by atoms with Crippen LogP contribution in [0.5, 0.6) is 0 Å². The Morgan fingerprint density at radius 3 is 2.42 bits per heavy atom. The SMILES string of the molecule is Cc1ccc(C(=O)CCC(=O)OCC(=O)N2CC(C)CC(C)C2)s1. The zero-order valence-corrected chi connectivity index (χ0v) is 15.4. The summed E-state index contributed by atoms with van der Waals surface area (Å²) in [6, 6.07) is 3.66. The predicted octanol–water partition coefficient (Wildman–Crippen LogP) is 3.07. The molecule has 1 saturated heterocycles. The molecule has 132 valence electrons. The maximum atomic E-state index is 12.1. The highest BCUT2D eigenvalue weighted by Crippen LogP contribution is 2.21. The second-order valence-electron chi connectivity index (χ2n) is 6.74. The van der Waals surface area contributed by atoms with E-state index in [0.717, 1.165) is 24.4 Å². The van der Waals surface area contributed by atoms with Gasteiger partial charge >= 0.3 is 5.97 Å². The summed E-state index contributed by atoms with van der Waals surface area (Å²) < 4.78 is 5.04. The number of aryl methyl sites for hydroxylation is 1. The average Bonchev–Trinajstić information content (AvgIpc) is 2.95. The molecule has 1 aliphatic heterocycles. The van der Waals surface area contributed by atoms with Gasteiger partial charge in [-0.3, -0.25) is 14.4 Å². The first kappa shape index (κ1) is 18.6. The fourth-order valence-electron chi connectivity index (χ4n) is 3.10. The van der Waals surface area contributed by atoms with Gasteiger partial charge in [0.25, 0.3) is 5.91 Å². The van der Waals surface area contributed by atoms with E-state index in [1.54, 1.807) is 11.0 Å². The molecule has 2 heterocycles. The van der Waals surface area contributed by atoms with Gasteiger partial charge in [-0.15, -0.1) is 11.3 Å². The van der Waals surface area contributed by atoms with Crippen LogP contribution in [0, 0.1) is 18.8 Å². The van der Waals surface area contributed by atoms with Gasteiger partial charge in [-0.25, -0.2) is 0 Å². The number of nitrogens with zero attached hydrogens (tertiary/aromatic N) is 1. The molecular formula is C18H25NO4S. The summed E-state index contributed by atoms with van der Waals surface area (Å²) >= 11 is 1.42. The summed E-state index contributed by atoms with van der Waals surface area (Å²) in [4.78, 5) is 39.3. The van der Waals surface area contributed by atoms with Gasteiger partial charge in [-0.05, 0) is 37.3 Å². The van der Waals surface area contributed by atoms with E-state index in [0.29, 0.717) is 16.7 Å². The fraction of sp³-hybridized carbons (Fsp3) is 0.611. The van der Waals surface area contributed by atoms with Crippen LogP contribution in [0.25, 0.3) is 0 Å². The smallest absolute Gasteiger partial charge is 0.306 e. The molecule has 1 aliphatic rings. The maximum Gasteiger partial charge on any atom is 0.306 e. The molecule has 0 saturated carbocycles. The predicted molar refractivity (Wildman–Crippen MR) is 93.1 cm³/mol. The van der Waals surface area contributed by atoms with Crippen LogP contribution in [0.2, 0.25) is 0 Å². The molecule has 1 amide bonds. The van der Waals surface area contributed by atoms with E-state index in [1.807, 2.05) is 13.0 Å². The van der Waals surface area contributed by atoms with Crippen molar-refractivity contribution >= 4 is 29.0 Å². The largest absolute Gasteiger partial charge is 0.456 e. The first-order chi connectivity index (χ1) is 11.3. The van der Waals surface area contributed by atoms with Crippen LogP contribution >= 0.6 is 11.3 Å². The van der Waals surface area contributed by atoms with E-state index in [-0.39, 0.29) is 31.1 Å². The van der Waals surface area contributed by atoms with Crippen LogP contribution in [0.15, 0.2) is 12.1 Å². The molecule has 1 aromatic rings. The number of ketones is 1. The van der Waals surface area contributed by atoms with E-state index in [2.05, 4.69) is 13.8 Å². The molecule has 0 N–H and O–H groups in total. The summed E-state index contributed by atoms with van der Waals surface area (Å²) in [5.41, 5.74) is 0. The normalized spacial score (nSPS) is 20.7. The number of piperidine rings is 1. The highest BCUT2D eigenvalue weighted by atomic mass is 32.1. The number of Topliss-reactive ketones (excluding diaryl/α,β-unsaturated/α-hetero) is 1. The number of esters is 1. The summed E-state index contributed by atoms with van der Waals surface area (Å²) in [6.07, 6.45) is 1.24. The molecule has 1 fully saturated rings. The molecule has 2 unspecified atom stereocenters. The number of thiophene rings is 1. The standard InChI is InChI=1S/C18H25NO4S/c1-12-8-13(2)10-19(9-12)17(21)11-23-18(22)7-5-15(20)16-6-4-14(3)24-16/h4,6,12-13H,5,7-11H2,1-3H3. The van der Waals surface area contributed by atoms with E-state index < -0.39 is 5.97 Å². The molecule has 0 aliphatic carbocycles. The lowest BCUT2D eigenvalue weighted by Gasteiger charge is -2.34. The number of likely N-dealkylation sites (tertiary alicyclic amines) is 1. The molecule has 5 nitrogen and oxygen atoms in total. The van der Waals surface area contributed by atoms with Crippen LogP contribution in [0.1, 0.15) is 47.7 Å². The van der Waals surface area contributed by atoms with Crippen molar-refractivity contribution < 1.29 is 19.1 Å². The van der Waals surface area contributed by atoms with Crippen LogP contribution in [-0.2, 0) is 14.3 Å². The Hall–Kier alpha value is -1.69. The first-order valence-electron chi connectivity index (χ1n) is 8.38. The molecule has 6 heteroatoms. The number of carbonyl (C=O) groups excluding carboxylic acids is 3. The van der Waals surface area contributed by atoms with Crippen molar-refractivity contribution in [3.8, 4) is 0 Å². The van der Waals surface area contributed by atoms with E-state index in [4.69, 9.17) is 4.74 Å². The lowest BCUT2D eigenvalue weighted by atomic mass is 9.92. The molecular weight excluding hydrogens is 326 g/mol. The quantitative estimate of drug-likeness (QED) is 0.584. The van der Waals surface area contributed by atoms with Gasteiger partial charge in [-0.1, -0.05) is 13.8 Å². The highest BCUT2D eigenvalue weighted by molar-refractivity contribution is 7.14. The summed E-state index contributed by atoms with van der Waals surface area (Å²) in [5, 5.41) is 0. The summed E-state index contributed by atoms with van der Waals surface area (Å²) in [6.45, 7) is 7.39. The van der Waals surface area contributed by atoms with Crippen molar-refractivity contribution in [2.24, 2.45) is 11.8 Å². The van der Waals surface area contributed by atoms with E-state index in [9.17, 15) is 14.4 Å². The second kappa shape index (κ2) is 8.42. The number of ether oxygens (including phenoxy) is 1. The lowest BCUT2D eigenvalue weighted by Crippen LogP contribution is -2.44. The Labute approximate surface area is 147 Å². The molecule has 0 bridgehead atoms. The topological polar surface area (TPSA) is 63.7 Å². The number of hydrogen-bond donors (Lipinski definition) is 0. The summed E-state index contributed by atoms with van der Waals surface area (Å²) in [7, 11) is 0. The first-order valence-corrected chi connectivity index (χ1v) is 9.20. The Morgan fingerprint density at radius 1 is 1.17 bits per heavy atom. The third kappa shape index (κ3) is 5.44. The van der Waals surface area contributed by atoms with Gasteiger partial charge < -0.3 is 9.64 Å². The van der Waals surface area contributed by atoms with Crippen LogP contribution in [0.4, 0.5) is 0 Å². The molecule has 2 atom stereocenters. The van der Waals surface area contributed by atoms with Crippen molar-refractivity contribution in [1.82, 2.24) is 4.90 Å². The van der Waals surface area contributed by atoms with E-state index >= 15 is 0 Å². The third-order valence-corrected chi connectivity index (χ3v) is 5.19. The van der Waals surface area contributed by atoms with Gasteiger partial charge in [0.05, 0.1) is 11.3 Å². The minimum Gasteiger partial charge on any atom is -0.456 e. The van der Waals surface area contributed by atoms with Crippen LogP contribution in [-0.4, -0.2) is 42.3 Å². The zero-order valence-electron chi connectivity index (χ0n) is 14.5. The zero-order chi connectivity index (χ0) is 17.7. The van der Waals surface area contributed by atoms with Crippen LogP contribution in [0.3, 0.4) is 0 Å². The Balaban J connectivity index is 1.71. The van der Waals surface area contributed by atoms with Crippen LogP contribution < -0.4 is 0 Å². The average molecular weight is 351 g/mol. The Morgan fingerprint density at radius 2 is 1.83 bits per heavy atom. The number of rotatable bonds is 6. The molecule has 0 spiro atoms. The monoisotopic (exact) mass is 351 g/mol. The van der Waals surface area contributed by atoms with Gasteiger partial charge in [-0.2, -0.15) is 0 Å². The molecule has 2 rings (SSSR count). The van der Waals surface area contributed by atoms with Crippen molar-refractivity contribution in [1.29, 1.82) is 0 Å². The van der Waals surface area contributed by atoms with Crippen molar-refractivity contribution in [3.05, 3.63) is 21.9 Å². The number of hydrogen-bond acceptors (Lipinski definition) is 5. The molecule has 24 heavy (non-hydrogen) atoms. The minimum absolute atomic E-state index is 0.00979. The van der Waals surface area contributed by atoms with Gasteiger partial charge in [0.2, 0.25) is 0 Å². The van der Waals surface area contributed by atoms with Gasteiger partial charge in [0.1, 0.15) is 0 Å². The van der Waals surface area contributed by atoms with Gasteiger partial charge in [0.15, 0.2) is 12.4 Å². The van der Waals surface area contributed by atoms with Crippen molar-refractivity contribution in [2.45, 2.75) is 40.0 Å². The third-order valence-electron chi connectivity index (χ3n) is 4.15. The number of amides is 1. The Bertz CT molecular complexity index is 600. The lowest BCUT2D eigenvalue weighted by molar-refractivity contribution is -0.153. The minimum atomic E-state index is -0.497. The summed E-state index contributed by atoms with van der Waals surface area (Å²) in [5.74, 6) is 0.237. The molecule has 0 aromatic carbocycles. The fourth-order valence-corrected chi connectivity index (χ4v) is 3.93. The van der Waals surface area contributed by atoms with Crippen molar-refractivity contribution in [2.75, 3.05) is 19.7 Å². The van der Waals surface area contributed by atoms with Gasteiger partial charge in [0, 0.05) is 24.4 Å². The molecule has 0 radical (unpaired) electrons.